The predicted molar refractivity (Wildman–Crippen MR) is 302 cm³/mol. The molecule has 0 saturated heterocycles. The zero-order chi connectivity index (χ0) is 47.3. The highest BCUT2D eigenvalue weighted by atomic mass is 28.3. The molecule has 6 heteroatoms. The van der Waals surface area contributed by atoms with Crippen LogP contribution in [0.25, 0.3) is 66.1 Å². The first kappa shape index (κ1) is 40.8. The van der Waals surface area contributed by atoms with E-state index in [2.05, 4.69) is 270 Å². The minimum atomic E-state index is -2.97. The summed E-state index contributed by atoms with van der Waals surface area (Å²) < 4.78 is 19.4. The normalized spacial score (nSPS) is 12.6. The molecule has 0 bridgehead atoms. The van der Waals surface area contributed by atoms with Gasteiger partial charge in [-0.1, -0.05) is 218 Å². The fraction of sp³-hybridized carbons (Fsp3) is 0. The molecule has 0 amide bonds. The monoisotopic (exact) mass is 934 g/mol. The van der Waals surface area contributed by atoms with Crippen LogP contribution in [-0.4, -0.2) is 23.9 Å². The lowest BCUT2D eigenvalue weighted by Gasteiger charge is -2.36. The smallest absolute Gasteiger partial charge is 0.260 e. The number of nitrogens with zero attached hydrogens (tertiary/aromatic N) is 2. The van der Waals surface area contributed by atoms with Crippen molar-refractivity contribution in [2.75, 3.05) is 0 Å². The third kappa shape index (κ3) is 5.81. The van der Waals surface area contributed by atoms with Crippen molar-refractivity contribution < 1.29 is 9.47 Å². The number of aromatic nitrogens is 2. The number of fused-ring (bicyclic) bond motifs is 10. The highest BCUT2D eigenvalue weighted by Gasteiger charge is 2.44. The quantitative estimate of drug-likeness (QED) is 0.118. The predicted octanol–water partition coefficient (Wildman–Crippen LogP) is 11.7. The molecule has 0 fully saturated rings. The van der Waals surface area contributed by atoms with Crippen LogP contribution in [0.3, 0.4) is 0 Å². The summed E-state index contributed by atoms with van der Waals surface area (Å²) in [5.74, 6) is 3.30. The maximum Gasteiger partial charge on any atom is 0.260 e. The van der Waals surface area contributed by atoms with E-state index in [4.69, 9.17) is 9.47 Å². The topological polar surface area (TPSA) is 28.3 Å². The third-order valence-electron chi connectivity index (χ3n) is 15.4. The Kier molecular flexibility index (Phi) is 9.04. The number of hydrogen-bond acceptors (Lipinski definition) is 2. The minimum absolute atomic E-state index is 0.183. The molecule has 0 spiro atoms. The second-order valence-corrected chi connectivity index (χ2v) is 22.9. The summed E-state index contributed by atoms with van der Waals surface area (Å²) >= 11 is 0. The van der Waals surface area contributed by atoms with Gasteiger partial charge in [0.25, 0.3) is 6.71 Å². The maximum absolute atomic E-state index is 7.59. The van der Waals surface area contributed by atoms with Crippen LogP contribution >= 0.6 is 0 Å². The largest absolute Gasteiger partial charge is 0.458 e. The van der Waals surface area contributed by atoms with Gasteiger partial charge >= 0.3 is 0 Å². The lowest BCUT2D eigenvalue weighted by molar-refractivity contribution is 0.463. The van der Waals surface area contributed by atoms with Gasteiger partial charge in [0.05, 0.1) is 27.8 Å². The summed E-state index contributed by atoms with van der Waals surface area (Å²) in [4.78, 5) is 0. The van der Waals surface area contributed by atoms with Crippen LogP contribution in [0.1, 0.15) is 0 Å². The van der Waals surface area contributed by atoms with Crippen molar-refractivity contribution >= 4 is 95.5 Å². The number of para-hydroxylation sites is 5. The van der Waals surface area contributed by atoms with Crippen molar-refractivity contribution in [3.63, 3.8) is 0 Å². The van der Waals surface area contributed by atoms with Crippen LogP contribution in [0, 0.1) is 0 Å². The van der Waals surface area contributed by atoms with E-state index in [9.17, 15) is 0 Å². The molecule has 4 heterocycles. The van der Waals surface area contributed by atoms with Crippen molar-refractivity contribution in [1.29, 1.82) is 0 Å². The fourth-order valence-electron chi connectivity index (χ4n) is 12.5. The summed E-state index contributed by atoms with van der Waals surface area (Å²) in [6, 6.07) is 95.9. The summed E-state index contributed by atoms with van der Waals surface area (Å²) in [6.07, 6.45) is 0. The Hall–Kier alpha value is -9.10. The van der Waals surface area contributed by atoms with Crippen LogP contribution < -0.4 is 46.6 Å². The van der Waals surface area contributed by atoms with E-state index in [-0.39, 0.29) is 6.71 Å². The molecule has 0 unspecified atom stereocenters. The number of hydrogen-bond donors (Lipinski definition) is 0. The van der Waals surface area contributed by atoms with Crippen molar-refractivity contribution in [2.24, 2.45) is 0 Å². The zero-order valence-corrected chi connectivity index (χ0v) is 40.1. The SMILES string of the molecule is c1ccc([Si](c2ccccc2)(c2ccccc2)c2cccc(-c3cc4c(c(-n5c6ccccc6c6ccccc65)c3-n3c5ccccc5c5ccccc53)Oc3cccc5c3B4c3ccccc3O5)c2)cc1. The summed E-state index contributed by atoms with van der Waals surface area (Å²) in [6.45, 7) is -0.183. The van der Waals surface area contributed by atoms with E-state index in [0.29, 0.717) is 0 Å². The highest BCUT2D eigenvalue weighted by Crippen LogP contribution is 2.48. The molecule has 0 radical (unpaired) electrons. The molecule has 0 atom stereocenters. The average molecular weight is 935 g/mol. The number of benzene rings is 11. The third-order valence-corrected chi connectivity index (χ3v) is 20.2. The van der Waals surface area contributed by atoms with E-state index in [0.717, 1.165) is 84.0 Å². The Balaban J connectivity index is 1.15. The molecule has 72 heavy (non-hydrogen) atoms. The molecule has 2 aliphatic rings. The van der Waals surface area contributed by atoms with Gasteiger partial charge in [-0.2, -0.15) is 0 Å². The molecule has 13 aromatic rings. The van der Waals surface area contributed by atoms with Crippen LogP contribution in [0.5, 0.6) is 23.0 Å². The molecule has 2 aliphatic heterocycles. The van der Waals surface area contributed by atoms with Crippen LogP contribution in [-0.2, 0) is 0 Å². The van der Waals surface area contributed by atoms with Gasteiger partial charge in [0.15, 0.2) is 8.07 Å². The Morgan fingerprint density at radius 1 is 0.319 bits per heavy atom. The zero-order valence-electron chi connectivity index (χ0n) is 39.1. The second-order valence-electron chi connectivity index (χ2n) is 19.1. The Bertz CT molecular complexity index is 4090. The first-order chi connectivity index (χ1) is 35.8. The van der Waals surface area contributed by atoms with E-state index < -0.39 is 8.07 Å². The van der Waals surface area contributed by atoms with E-state index in [1.807, 2.05) is 0 Å². The summed E-state index contributed by atoms with van der Waals surface area (Å²) in [7, 11) is -2.97. The summed E-state index contributed by atoms with van der Waals surface area (Å²) in [5.41, 5.74) is 11.9. The van der Waals surface area contributed by atoms with Gasteiger partial charge in [-0.25, -0.2) is 0 Å². The molecule has 15 rings (SSSR count). The van der Waals surface area contributed by atoms with Crippen LogP contribution in [0.4, 0.5) is 0 Å². The average Bonchev–Trinajstić information content (AvgIpc) is 3.96. The maximum atomic E-state index is 7.59. The molecule has 11 aromatic carbocycles. The standard InChI is InChI=1S/C66H43BN2O2Si/c1-4-23-45(24-5-1)72(46-25-6-2-7-26-46,47-27-8-3-9-28-47)48-29-20-22-44(42-48)53-43-55-66(71-62-41-21-40-61-63(62)67(55)54-34-14-19-39-60(54)70-61)65(69-58-37-17-12-32-51(58)52-33-13-18-38-59(52)69)64(53)68-56-35-15-10-30-49(56)50-31-11-16-36-57(50)68/h1-43H. The molecule has 0 saturated carbocycles. The molecule has 0 N–H and O–H groups in total. The summed E-state index contributed by atoms with van der Waals surface area (Å²) in [5, 5.41) is 10.0. The van der Waals surface area contributed by atoms with E-state index >= 15 is 0 Å². The molecule has 4 nitrogen and oxygen atoms in total. The van der Waals surface area contributed by atoms with E-state index in [1.165, 1.54) is 42.3 Å². The minimum Gasteiger partial charge on any atom is -0.458 e. The molecule has 336 valence electrons. The van der Waals surface area contributed by atoms with Gasteiger partial charge in [-0.3, -0.25) is 0 Å². The van der Waals surface area contributed by atoms with Crippen molar-refractivity contribution in [3.05, 3.63) is 261 Å². The molecular weight excluding hydrogens is 892 g/mol. The van der Waals surface area contributed by atoms with Crippen LogP contribution in [0.2, 0.25) is 0 Å². The van der Waals surface area contributed by atoms with Gasteiger partial charge in [0, 0.05) is 32.6 Å². The highest BCUT2D eigenvalue weighted by molar-refractivity contribution is 7.20. The van der Waals surface area contributed by atoms with E-state index in [1.54, 1.807) is 0 Å². The number of ether oxygens (including phenoxy) is 2. The number of rotatable bonds is 7. The second kappa shape index (κ2) is 16.0. The molecule has 0 aliphatic carbocycles. The van der Waals surface area contributed by atoms with Gasteiger partial charge in [-0.15, -0.1) is 0 Å². The van der Waals surface area contributed by atoms with Crippen molar-refractivity contribution in [1.82, 2.24) is 9.13 Å². The van der Waals surface area contributed by atoms with Crippen LogP contribution in [0.15, 0.2) is 261 Å². The first-order valence-corrected chi connectivity index (χ1v) is 26.8. The lowest BCUT2D eigenvalue weighted by atomic mass is 9.34. The molecule has 2 aromatic heterocycles. The Morgan fingerprint density at radius 3 is 1.28 bits per heavy atom. The van der Waals surface area contributed by atoms with Crippen molar-refractivity contribution in [2.45, 2.75) is 0 Å². The van der Waals surface area contributed by atoms with Gasteiger partial charge in [0.2, 0.25) is 0 Å². The van der Waals surface area contributed by atoms with Gasteiger partial charge < -0.3 is 18.6 Å². The van der Waals surface area contributed by atoms with Gasteiger partial charge in [0.1, 0.15) is 28.7 Å². The lowest BCUT2D eigenvalue weighted by Crippen LogP contribution is -2.74. The van der Waals surface area contributed by atoms with Crippen molar-refractivity contribution in [3.8, 4) is 45.5 Å². The first-order valence-electron chi connectivity index (χ1n) is 24.8. The molecular formula is C66H43BN2O2Si. The van der Waals surface area contributed by atoms with Gasteiger partial charge in [-0.05, 0) is 79.7 Å². The Labute approximate surface area is 418 Å². The Morgan fingerprint density at radius 2 is 0.736 bits per heavy atom. The fourth-order valence-corrected chi connectivity index (χ4v) is 17.2.